The molecular weight excluding hydrogens is 278 g/mol. The molecule has 0 spiro atoms. The maximum absolute atomic E-state index is 5.44. The Labute approximate surface area is 110 Å². The molecule has 1 unspecified atom stereocenters. The second kappa shape index (κ2) is 5.41. The van der Waals surface area contributed by atoms with Gasteiger partial charge in [-0.15, -0.1) is 0 Å². The third kappa shape index (κ3) is 3.13. The third-order valence-electron chi connectivity index (χ3n) is 2.68. The van der Waals surface area contributed by atoms with E-state index in [1.54, 1.807) is 6.26 Å². The van der Waals surface area contributed by atoms with Crippen molar-refractivity contribution >= 4 is 21.6 Å². The van der Waals surface area contributed by atoms with E-state index in [-0.39, 0.29) is 6.04 Å². The normalized spacial score (nSPS) is 12.4. The number of hydrogen-bond acceptors (Lipinski definition) is 2. The minimum absolute atomic E-state index is 0.221. The lowest BCUT2D eigenvalue weighted by Gasteiger charge is -2.16. The molecule has 2 nitrogen and oxygen atoms in total. The molecule has 17 heavy (non-hydrogen) atoms. The van der Waals surface area contributed by atoms with Crippen molar-refractivity contribution in [3.8, 4) is 0 Å². The molecule has 0 amide bonds. The fourth-order valence-corrected chi connectivity index (χ4v) is 2.49. The molecule has 1 aromatic carbocycles. The van der Waals surface area contributed by atoms with Gasteiger partial charge in [-0.05, 0) is 49.2 Å². The predicted octanol–water partition coefficient (Wildman–Crippen LogP) is 4.91. The highest BCUT2D eigenvalue weighted by Crippen LogP contribution is 2.25. The van der Waals surface area contributed by atoms with E-state index < -0.39 is 0 Å². The second-order valence-electron chi connectivity index (χ2n) is 4.14. The summed E-state index contributed by atoms with van der Waals surface area (Å²) in [6.07, 6.45) is 2.70. The van der Waals surface area contributed by atoms with Gasteiger partial charge in [0.2, 0.25) is 0 Å². The number of benzene rings is 1. The van der Waals surface area contributed by atoms with Crippen LogP contribution in [0.15, 0.2) is 45.5 Å². The largest absolute Gasteiger partial charge is 0.467 e. The lowest BCUT2D eigenvalue weighted by Crippen LogP contribution is -2.08. The molecular formula is C14H16BrNO. The van der Waals surface area contributed by atoms with E-state index in [4.69, 9.17) is 4.42 Å². The Bertz CT molecular complexity index is 459. The topological polar surface area (TPSA) is 25.2 Å². The van der Waals surface area contributed by atoms with E-state index in [2.05, 4.69) is 53.3 Å². The monoisotopic (exact) mass is 293 g/mol. The summed E-state index contributed by atoms with van der Waals surface area (Å²) in [5.74, 6) is 0.977. The van der Waals surface area contributed by atoms with Gasteiger partial charge in [0.25, 0.3) is 0 Å². The Hall–Kier alpha value is -1.22. The molecule has 1 atom stereocenters. The van der Waals surface area contributed by atoms with Gasteiger partial charge in [-0.2, -0.15) is 0 Å². The van der Waals surface area contributed by atoms with Gasteiger partial charge in [0.05, 0.1) is 12.3 Å². The summed E-state index contributed by atoms with van der Waals surface area (Å²) in [5, 5.41) is 3.49. The van der Waals surface area contributed by atoms with Crippen molar-refractivity contribution in [3.05, 3.63) is 52.4 Å². The molecule has 1 aromatic heterocycles. The van der Waals surface area contributed by atoms with Gasteiger partial charge >= 0.3 is 0 Å². The first-order valence-electron chi connectivity index (χ1n) is 5.76. The number of hydrogen-bond donors (Lipinski definition) is 1. The number of furan rings is 1. The van der Waals surface area contributed by atoms with Crippen molar-refractivity contribution in [2.24, 2.45) is 0 Å². The molecule has 2 rings (SSSR count). The maximum Gasteiger partial charge on any atom is 0.125 e. The molecule has 3 heteroatoms. The average Bonchev–Trinajstić information content (AvgIpc) is 2.77. The van der Waals surface area contributed by atoms with Crippen LogP contribution >= 0.6 is 15.9 Å². The molecule has 0 aliphatic rings. The van der Waals surface area contributed by atoms with Gasteiger partial charge in [0.1, 0.15) is 5.76 Å². The van der Waals surface area contributed by atoms with Crippen molar-refractivity contribution in [2.45, 2.75) is 26.3 Å². The molecule has 0 aliphatic heterocycles. The van der Waals surface area contributed by atoms with E-state index >= 15 is 0 Å². The SMILES string of the molecule is CCC(Nc1cc(C)cc(Br)c1)c1ccco1. The summed E-state index contributed by atoms with van der Waals surface area (Å²) < 4.78 is 6.54. The molecule has 0 fully saturated rings. The lowest BCUT2D eigenvalue weighted by atomic mass is 10.1. The number of anilines is 1. The molecule has 0 saturated heterocycles. The van der Waals surface area contributed by atoms with Crippen molar-refractivity contribution in [1.29, 1.82) is 0 Å². The van der Waals surface area contributed by atoms with Gasteiger partial charge in [0, 0.05) is 10.2 Å². The molecule has 0 radical (unpaired) electrons. The average molecular weight is 294 g/mol. The number of halogens is 1. The molecule has 0 saturated carbocycles. The zero-order chi connectivity index (χ0) is 12.3. The molecule has 90 valence electrons. The first-order valence-corrected chi connectivity index (χ1v) is 6.55. The van der Waals surface area contributed by atoms with Gasteiger partial charge in [0.15, 0.2) is 0 Å². The fraction of sp³-hybridized carbons (Fsp3) is 0.286. The van der Waals surface area contributed by atoms with Crippen LogP contribution < -0.4 is 5.32 Å². The van der Waals surface area contributed by atoms with E-state index in [1.165, 1.54) is 5.56 Å². The maximum atomic E-state index is 5.44. The van der Waals surface area contributed by atoms with Crippen molar-refractivity contribution in [3.63, 3.8) is 0 Å². The molecule has 0 bridgehead atoms. The van der Waals surface area contributed by atoms with Crippen LogP contribution in [-0.2, 0) is 0 Å². The number of aryl methyl sites for hydroxylation is 1. The standard InChI is InChI=1S/C14H16BrNO/c1-3-13(14-5-4-6-17-14)16-12-8-10(2)7-11(15)9-12/h4-9,13,16H,3H2,1-2H3. The third-order valence-corrected chi connectivity index (χ3v) is 3.14. The molecule has 1 N–H and O–H groups in total. The van der Waals surface area contributed by atoms with Gasteiger partial charge < -0.3 is 9.73 Å². The van der Waals surface area contributed by atoms with E-state index in [0.717, 1.165) is 22.3 Å². The Balaban J connectivity index is 2.18. The highest BCUT2D eigenvalue weighted by Gasteiger charge is 2.11. The lowest BCUT2D eigenvalue weighted by molar-refractivity contribution is 0.474. The zero-order valence-electron chi connectivity index (χ0n) is 10.0. The van der Waals surface area contributed by atoms with Crippen LogP contribution in [0.2, 0.25) is 0 Å². The minimum Gasteiger partial charge on any atom is -0.467 e. The Kier molecular flexibility index (Phi) is 3.89. The van der Waals surface area contributed by atoms with Crippen LogP contribution in [0.4, 0.5) is 5.69 Å². The summed E-state index contributed by atoms with van der Waals surface area (Å²) in [6, 6.07) is 10.5. The summed E-state index contributed by atoms with van der Waals surface area (Å²) in [6.45, 7) is 4.23. The van der Waals surface area contributed by atoms with E-state index in [0.29, 0.717) is 0 Å². The van der Waals surface area contributed by atoms with Crippen LogP contribution in [-0.4, -0.2) is 0 Å². The fourth-order valence-electron chi connectivity index (χ4n) is 1.88. The summed E-state index contributed by atoms with van der Waals surface area (Å²) in [4.78, 5) is 0. The second-order valence-corrected chi connectivity index (χ2v) is 5.05. The first kappa shape index (κ1) is 12.2. The zero-order valence-corrected chi connectivity index (χ0v) is 11.6. The molecule has 0 aliphatic carbocycles. The number of nitrogens with one attached hydrogen (secondary N) is 1. The quantitative estimate of drug-likeness (QED) is 0.866. The van der Waals surface area contributed by atoms with Crippen LogP contribution in [0.1, 0.15) is 30.7 Å². The smallest absolute Gasteiger partial charge is 0.125 e. The van der Waals surface area contributed by atoms with Crippen LogP contribution in [0.3, 0.4) is 0 Å². The minimum atomic E-state index is 0.221. The Morgan fingerprint density at radius 3 is 2.76 bits per heavy atom. The van der Waals surface area contributed by atoms with Gasteiger partial charge in [-0.3, -0.25) is 0 Å². The highest BCUT2D eigenvalue weighted by atomic mass is 79.9. The summed E-state index contributed by atoms with van der Waals surface area (Å²) in [5.41, 5.74) is 2.34. The van der Waals surface area contributed by atoms with Crippen LogP contribution in [0, 0.1) is 6.92 Å². The van der Waals surface area contributed by atoms with Crippen LogP contribution in [0.25, 0.3) is 0 Å². The molecule has 1 heterocycles. The predicted molar refractivity (Wildman–Crippen MR) is 74.2 cm³/mol. The highest BCUT2D eigenvalue weighted by molar-refractivity contribution is 9.10. The molecule has 2 aromatic rings. The summed E-state index contributed by atoms with van der Waals surface area (Å²) in [7, 11) is 0. The van der Waals surface area contributed by atoms with Crippen molar-refractivity contribution in [1.82, 2.24) is 0 Å². The van der Waals surface area contributed by atoms with E-state index in [9.17, 15) is 0 Å². The van der Waals surface area contributed by atoms with Crippen molar-refractivity contribution in [2.75, 3.05) is 5.32 Å². The first-order chi connectivity index (χ1) is 8.19. The Morgan fingerprint density at radius 1 is 1.35 bits per heavy atom. The van der Waals surface area contributed by atoms with E-state index in [1.807, 2.05) is 12.1 Å². The van der Waals surface area contributed by atoms with Gasteiger partial charge in [-0.25, -0.2) is 0 Å². The van der Waals surface area contributed by atoms with Crippen LogP contribution in [0.5, 0.6) is 0 Å². The van der Waals surface area contributed by atoms with Crippen molar-refractivity contribution < 1.29 is 4.42 Å². The van der Waals surface area contributed by atoms with Gasteiger partial charge in [-0.1, -0.05) is 22.9 Å². The number of rotatable bonds is 4. The Morgan fingerprint density at radius 2 is 2.18 bits per heavy atom. The summed E-state index contributed by atoms with van der Waals surface area (Å²) >= 11 is 3.51.